The van der Waals surface area contributed by atoms with E-state index < -0.39 is 17.6 Å². The third-order valence-corrected chi connectivity index (χ3v) is 4.06. The molecule has 0 aliphatic carbocycles. The lowest BCUT2D eigenvalue weighted by Crippen LogP contribution is -2.10. The van der Waals surface area contributed by atoms with Gasteiger partial charge in [-0.05, 0) is 42.8 Å². The number of ether oxygens (including phenoxy) is 1. The van der Waals surface area contributed by atoms with Gasteiger partial charge in [-0.25, -0.2) is 4.39 Å². The van der Waals surface area contributed by atoms with E-state index in [1.807, 2.05) is 0 Å². The van der Waals surface area contributed by atoms with Crippen molar-refractivity contribution in [2.75, 3.05) is 17.2 Å². The molecule has 0 saturated heterocycles. The Bertz CT molecular complexity index is 1030. The SMILES string of the molecule is CCOc1nc(NCc2ccc(F)c(Cl)c2)nc(Nc2cccc(C(F)(F)F)c2)n1. The van der Waals surface area contributed by atoms with Crippen LogP contribution in [-0.4, -0.2) is 21.6 Å². The fraction of sp³-hybridized carbons (Fsp3) is 0.211. The van der Waals surface area contributed by atoms with Gasteiger partial charge in [0.2, 0.25) is 11.9 Å². The molecule has 2 N–H and O–H groups in total. The first-order valence-electron chi connectivity index (χ1n) is 8.75. The van der Waals surface area contributed by atoms with Crippen LogP contribution < -0.4 is 15.4 Å². The van der Waals surface area contributed by atoms with E-state index in [1.54, 1.807) is 13.0 Å². The van der Waals surface area contributed by atoms with Gasteiger partial charge >= 0.3 is 12.2 Å². The molecule has 0 fully saturated rings. The largest absolute Gasteiger partial charge is 0.464 e. The summed E-state index contributed by atoms with van der Waals surface area (Å²) in [6.07, 6.45) is -4.48. The van der Waals surface area contributed by atoms with Crippen molar-refractivity contribution in [1.29, 1.82) is 0 Å². The minimum Gasteiger partial charge on any atom is -0.464 e. The van der Waals surface area contributed by atoms with Gasteiger partial charge in [0.15, 0.2) is 0 Å². The molecule has 11 heteroatoms. The Morgan fingerprint density at radius 3 is 2.50 bits per heavy atom. The van der Waals surface area contributed by atoms with E-state index in [-0.39, 0.29) is 41.8 Å². The number of aromatic nitrogens is 3. The van der Waals surface area contributed by atoms with Crippen LogP contribution in [0.5, 0.6) is 6.01 Å². The van der Waals surface area contributed by atoms with E-state index in [9.17, 15) is 17.6 Å². The minimum absolute atomic E-state index is 0.00702. The van der Waals surface area contributed by atoms with Crippen molar-refractivity contribution in [3.05, 3.63) is 64.4 Å². The third-order valence-electron chi connectivity index (χ3n) is 3.77. The number of benzene rings is 2. The van der Waals surface area contributed by atoms with Crippen molar-refractivity contribution in [3.63, 3.8) is 0 Å². The molecule has 0 aliphatic heterocycles. The third kappa shape index (κ3) is 5.69. The number of nitrogens with one attached hydrogen (secondary N) is 2. The molecular weight excluding hydrogens is 426 g/mol. The number of rotatable bonds is 7. The molecule has 2 aromatic carbocycles. The monoisotopic (exact) mass is 441 g/mol. The molecule has 6 nitrogen and oxygen atoms in total. The minimum atomic E-state index is -4.48. The molecule has 0 aliphatic rings. The van der Waals surface area contributed by atoms with Crippen molar-refractivity contribution in [2.24, 2.45) is 0 Å². The number of nitrogens with zero attached hydrogens (tertiary/aromatic N) is 3. The summed E-state index contributed by atoms with van der Waals surface area (Å²) in [5.41, 5.74) is 0.0139. The van der Waals surface area contributed by atoms with Crippen molar-refractivity contribution in [1.82, 2.24) is 15.0 Å². The molecule has 3 rings (SSSR count). The second-order valence-corrected chi connectivity index (χ2v) is 6.41. The summed E-state index contributed by atoms with van der Waals surface area (Å²) in [7, 11) is 0. The maximum Gasteiger partial charge on any atom is 0.416 e. The fourth-order valence-electron chi connectivity index (χ4n) is 2.42. The quantitative estimate of drug-likeness (QED) is 0.476. The second-order valence-electron chi connectivity index (χ2n) is 6.00. The zero-order chi connectivity index (χ0) is 21.7. The molecule has 0 amide bonds. The van der Waals surface area contributed by atoms with Crippen LogP contribution in [0.25, 0.3) is 0 Å². The average molecular weight is 442 g/mol. The highest BCUT2D eigenvalue weighted by Gasteiger charge is 2.30. The first-order chi connectivity index (χ1) is 14.2. The van der Waals surface area contributed by atoms with Crippen LogP contribution >= 0.6 is 11.6 Å². The van der Waals surface area contributed by atoms with E-state index in [1.165, 1.54) is 24.3 Å². The smallest absolute Gasteiger partial charge is 0.416 e. The molecule has 0 bridgehead atoms. The summed E-state index contributed by atoms with van der Waals surface area (Å²) in [5, 5.41) is 5.62. The standard InChI is InChI=1S/C19H16ClF4N5O/c1-2-30-18-28-16(25-10-11-6-7-15(21)14(20)8-11)27-17(29-18)26-13-5-3-4-12(9-13)19(22,23)24/h3-9H,2,10H2,1H3,(H2,25,26,27,28,29). The Labute approximate surface area is 174 Å². The summed E-state index contributed by atoms with van der Waals surface area (Å²) in [5.74, 6) is -0.428. The van der Waals surface area contributed by atoms with Crippen molar-refractivity contribution in [2.45, 2.75) is 19.6 Å². The Morgan fingerprint density at radius 1 is 1.03 bits per heavy atom. The van der Waals surface area contributed by atoms with Crippen LogP contribution in [0.3, 0.4) is 0 Å². The topological polar surface area (TPSA) is 72.0 Å². The maximum absolute atomic E-state index is 13.3. The van der Waals surface area contributed by atoms with Crippen LogP contribution in [0, 0.1) is 5.82 Å². The lowest BCUT2D eigenvalue weighted by atomic mass is 10.2. The Balaban J connectivity index is 1.81. The van der Waals surface area contributed by atoms with Crippen LogP contribution in [0.2, 0.25) is 5.02 Å². The van der Waals surface area contributed by atoms with E-state index in [4.69, 9.17) is 16.3 Å². The van der Waals surface area contributed by atoms with Gasteiger partial charge in [-0.3, -0.25) is 0 Å². The van der Waals surface area contributed by atoms with E-state index >= 15 is 0 Å². The Hall–Kier alpha value is -3.14. The number of anilines is 3. The predicted octanol–water partition coefficient (Wildman–Crippen LogP) is 5.44. The maximum atomic E-state index is 13.3. The van der Waals surface area contributed by atoms with E-state index in [0.717, 1.165) is 12.1 Å². The Morgan fingerprint density at radius 2 is 1.80 bits per heavy atom. The number of halogens is 5. The first-order valence-corrected chi connectivity index (χ1v) is 9.13. The van der Waals surface area contributed by atoms with Gasteiger partial charge in [0.25, 0.3) is 0 Å². The van der Waals surface area contributed by atoms with E-state index in [2.05, 4.69) is 25.6 Å². The molecule has 0 saturated carbocycles. The molecule has 0 radical (unpaired) electrons. The summed E-state index contributed by atoms with van der Waals surface area (Å²) in [6.45, 7) is 2.23. The highest BCUT2D eigenvalue weighted by atomic mass is 35.5. The molecule has 0 unspecified atom stereocenters. The number of hydrogen-bond donors (Lipinski definition) is 2. The predicted molar refractivity (Wildman–Crippen MR) is 104 cm³/mol. The normalized spacial score (nSPS) is 11.3. The van der Waals surface area contributed by atoms with Crippen LogP contribution in [0.15, 0.2) is 42.5 Å². The van der Waals surface area contributed by atoms with Crippen molar-refractivity contribution >= 4 is 29.2 Å². The van der Waals surface area contributed by atoms with Gasteiger partial charge in [-0.2, -0.15) is 28.1 Å². The van der Waals surface area contributed by atoms with Crippen molar-refractivity contribution in [3.8, 4) is 6.01 Å². The summed E-state index contributed by atoms with van der Waals surface area (Å²) in [4.78, 5) is 12.3. The molecule has 1 aromatic heterocycles. The summed E-state index contributed by atoms with van der Waals surface area (Å²) in [6, 6.07) is 8.85. The molecule has 30 heavy (non-hydrogen) atoms. The lowest BCUT2D eigenvalue weighted by molar-refractivity contribution is -0.137. The van der Waals surface area contributed by atoms with Gasteiger partial charge < -0.3 is 15.4 Å². The van der Waals surface area contributed by atoms with Crippen LogP contribution in [0.1, 0.15) is 18.1 Å². The van der Waals surface area contributed by atoms with Gasteiger partial charge in [0, 0.05) is 12.2 Å². The first kappa shape index (κ1) is 21.6. The molecule has 0 spiro atoms. The number of hydrogen-bond acceptors (Lipinski definition) is 6. The summed E-state index contributed by atoms with van der Waals surface area (Å²) >= 11 is 5.77. The molecule has 1 heterocycles. The number of alkyl halides is 3. The average Bonchev–Trinajstić information content (AvgIpc) is 2.69. The molecule has 0 atom stereocenters. The van der Waals surface area contributed by atoms with Gasteiger partial charge in [-0.15, -0.1) is 0 Å². The van der Waals surface area contributed by atoms with Crippen LogP contribution in [0.4, 0.5) is 35.1 Å². The highest BCUT2D eigenvalue weighted by Crippen LogP contribution is 2.31. The van der Waals surface area contributed by atoms with Gasteiger partial charge in [-0.1, -0.05) is 23.7 Å². The molecule has 158 valence electrons. The summed E-state index contributed by atoms with van der Waals surface area (Å²) < 4.78 is 57.3. The fourth-order valence-corrected chi connectivity index (χ4v) is 2.62. The second kappa shape index (κ2) is 9.12. The zero-order valence-corrected chi connectivity index (χ0v) is 16.4. The van der Waals surface area contributed by atoms with Crippen molar-refractivity contribution < 1.29 is 22.3 Å². The van der Waals surface area contributed by atoms with Gasteiger partial charge in [0.1, 0.15) is 5.82 Å². The molecular formula is C19H16ClF4N5O. The van der Waals surface area contributed by atoms with Gasteiger partial charge in [0.05, 0.1) is 17.2 Å². The zero-order valence-electron chi connectivity index (χ0n) is 15.6. The highest BCUT2D eigenvalue weighted by molar-refractivity contribution is 6.30. The molecule has 3 aromatic rings. The lowest BCUT2D eigenvalue weighted by Gasteiger charge is -2.12. The van der Waals surface area contributed by atoms with Crippen LogP contribution in [-0.2, 0) is 12.7 Å². The van der Waals surface area contributed by atoms with E-state index in [0.29, 0.717) is 5.56 Å². The Kier molecular flexibility index (Phi) is 6.56.